The fourth-order valence-electron chi connectivity index (χ4n) is 2.36. The summed E-state index contributed by atoms with van der Waals surface area (Å²) in [5.41, 5.74) is -0.850. The Hall–Kier alpha value is -1.63. The van der Waals surface area contributed by atoms with Crippen LogP contribution < -0.4 is 10.6 Å². The molecule has 7 heteroatoms. The van der Waals surface area contributed by atoms with E-state index in [1.165, 1.54) is 0 Å². The highest BCUT2D eigenvalue weighted by atomic mass is 19.4. The van der Waals surface area contributed by atoms with Crippen LogP contribution in [0.4, 0.5) is 13.2 Å². The molecule has 2 N–H and O–H groups in total. The van der Waals surface area contributed by atoms with Crippen LogP contribution in [0.5, 0.6) is 0 Å². The maximum Gasteiger partial charge on any atom is 0.433 e. The number of carbonyl (C=O) groups is 1. The summed E-state index contributed by atoms with van der Waals surface area (Å²) in [7, 11) is 0. The Morgan fingerprint density at radius 1 is 1.43 bits per heavy atom. The van der Waals surface area contributed by atoms with Crippen molar-refractivity contribution in [3.63, 3.8) is 0 Å². The molecule has 2 rings (SSSR count). The van der Waals surface area contributed by atoms with Gasteiger partial charge in [-0.2, -0.15) is 13.2 Å². The van der Waals surface area contributed by atoms with E-state index in [2.05, 4.69) is 15.6 Å². The van der Waals surface area contributed by atoms with Crippen molar-refractivity contribution >= 4 is 5.91 Å². The minimum absolute atomic E-state index is 0.143. The summed E-state index contributed by atoms with van der Waals surface area (Å²) in [6.45, 7) is 2.52. The summed E-state index contributed by atoms with van der Waals surface area (Å²) in [5.74, 6) is 0.157. The summed E-state index contributed by atoms with van der Waals surface area (Å²) in [6, 6.07) is 1.97. The maximum atomic E-state index is 12.4. The first-order valence-electron chi connectivity index (χ1n) is 6.99. The summed E-state index contributed by atoms with van der Waals surface area (Å²) in [5, 5.41) is 6.01. The van der Waals surface area contributed by atoms with Gasteiger partial charge in [0.15, 0.2) is 0 Å². The monoisotopic (exact) mass is 301 g/mol. The Balaban J connectivity index is 1.80. The van der Waals surface area contributed by atoms with Crippen LogP contribution in [0.1, 0.15) is 35.3 Å². The number of hydrogen-bond donors (Lipinski definition) is 2. The molecule has 0 aromatic carbocycles. The van der Waals surface area contributed by atoms with Crippen LogP contribution in [-0.2, 0) is 6.18 Å². The van der Waals surface area contributed by atoms with E-state index in [0.717, 1.165) is 50.7 Å². The van der Waals surface area contributed by atoms with Crippen LogP contribution in [-0.4, -0.2) is 30.5 Å². The van der Waals surface area contributed by atoms with Gasteiger partial charge >= 0.3 is 6.18 Å². The fourth-order valence-corrected chi connectivity index (χ4v) is 2.36. The molecule has 0 saturated carbocycles. The number of aromatic nitrogens is 1. The zero-order chi connectivity index (χ0) is 15.3. The molecule has 0 aliphatic carbocycles. The minimum Gasteiger partial charge on any atom is -0.352 e. The standard InChI is InChI=1S/C14H18F3N3O/c15-14(16,17)12-4-3-11(9-20-12)13(21)19-7-5-10-2-1-6-18-8-10/h3-4,9-10,18H,1-2,5-8H2,(H,19,21). The molecular weight excluding hydrogens is 283 g/mol. The minimum atomic E-state index is -4.48. The zero-order valence-electron chi connectivity index (χ0n) is 11.5. The molecule has 1 aliphatic rings. The lowest BCUT2D eigenvalue weighted by Crippen LogP contribution is -2.33. The Morgan fingerprint density at radius 3 is 2.81 bits per heavy atom. The second-order valence-electron chi connectivity index (χ2n) is 5.19. The third-order valence-electron chi connectivity index (χ3n) is 3.55. The van der Waals surface area contributed by atoms with Crippen molar-refractivity contribution in [2.24, 2.45) is 5.92 Å². The largest absolute Gasteiger partial charge is 0.433 e. The van der Waals surface area contributed by atoms with E-state index in [-0.39, 0.29) is 11.5 Å². The molecule has 21 heavy (non-hydrogen) atoms. The van der Waals surface area contributed by atoms with Crippen molar-refractivity contribution in [1.82, 2.24) is 15.6 Å². The average Bonchev–Trinajstić information content (AvgIpc) is 2.47. The number of rotatable bonds is 4. The van der Waals surface area contributed by atoms with Gasteiger partial charge in [-0.05, 0) is 50.4 Å². The van der Waals surface area contributed by atoms with E-state index < -0.39 is 11.9 Å². The number of alkyl halides is 3. The van der Waals surface area contributed by atoms with Gasteiger partial charge in [0.05, 0.1) is 5.56 Å². The van der Waals surface area contributed by atoms with Crippen molar-refractivity contribution in [2.75, 3.05) is 19.6 Å². The lowest BCUT2D eigenvalue weighted by molar-refractivity contribution is -0.141. The second kappa shape index (κ2) is 6.89. The van der Waals surface area contributed by atoms with Crippen LogP contribution in [0.2, 0.25) is 0 Å². The number of carbonyl (C=O) groups excluding carboxylic acids is 1. The van der Waals surface area contributed by atoms with Gasteiger partial charge in [0.1, 0.15) is 5.69 Å². The predicted molar refractivity (Wildman–Crippen MR) is 71.8 cm³/mol. The molecule has 0 spiro atoms. The lowest BCUT2D eigenvalue weighted by atomic mass is 9.96. The van der Waals surface area contributed by atoms with Gasteiger partial charge in [0, 0.05) is 12.7 Å². The van der Waals surface area contributed by atoms with Crippen molar-refractivity contribution in [3.05, 3.63) is 29.6 Å². The van der Waals surface area contributed by atoms with Gasteiger partial charge in [-0.25, -0.2) is 0 Å². The lowest BCUT2D eigenvalue weighted by Gasteiger charge is -2.22. The molecule has 1 aromatic heterocycles. The molecule has 1 fully saturated rings. The Labute approximate surface area is 121 Å². The fraction of sp³-hybridized carbons (Fsp3) is 0.571. The van der Waals surface area contributed by atoms with Crippen LogP contribution in [0.3, 0.4) is 0 Å². The maximum absolute atomic E-state index is 12.4. The highest BCUT2D eigenvalue weighted by molar-refractivity contribution is 5.93. The highest BCUT2D eigenvalue weighted by Gasteiger charge is 2.32. The quantitative estimate of drug-likeness (QED) is 0.896. The van der Waals surface area contributed by atoms with Crippen LogP contribution in [0.15, 0.2) is 18.3 Å². The third-order valence-corrected chi connectivity index (χ3v) is 3.55. The van der Waals surface area contributed by atoms with E-state index in [0.29, 0.717) is 12.5 Å². The summed E-state index contributed by atoms with van der Waals surface area (Å²) in [6.07, 6.45) is -0.373. The molecule has 0 radical (unpaired) electrons. The predicted octanol–water partition coefficient (Wildman–Crippen LogP) is 2.22. The molecule has 1 aromatic rings. The molecule has 1 amide bonds. The molecule has 1 unspecified atom stereocenters. The number of nitrogens with one attached hydrogen (secondary N) is 2. The number of hydrogen-bond acceptors (Lipinski definition) is 3. The second-order valence-corrected chi connectivity index (χ2v) is 5.19. The molecule has 0 bridgehead atoms. The molecule has 1 saturated heterocycles. The van der Waals surface area contributed by atoms with Gasteiger partial charge in [-0.15, -0.1) is 0 Å². The number of nitrogens with zero attached hydrogens (tertiary/aromatic N) is 1. The van der Waals surface area contributed by atoms with Crippen LogP contribution in [0, 0.1) is 5.92 Å². The number of amides is 1. The van der Waals surface area contributed by atoms with E-state index in [9.17, 15) is 18.0 Å². The van der Waals surface area contributed by atoms with Gasteiger partial charge in [0.2, 0.25) is 0 Å². The molecule has 1 aliphatic heterocycles. The van der Waals surface area contributed by atoms with Crippen molar-refractivity contribution in [2.45, 2.75) is 25.4 Å². The van der Waals surface area contributed by atoms with Crippen LogP contribution >= 0.6 is 0 Å². The molecular formula is C14H18F3N3O. The van der Waals surface area contributed by atoms with Gasteiger partial charge in [-0.1, -0.05) is 0 Å². The first-order chi connectivity index (χ1) is 9.97. The van der Waals surface area contributed by atoms with Gasteiger partial charge < -0.3 is 10.6 Å². The molecule has 2 heterocycles. The third kappa shape index (κ3) is 4.70. The summed E-state index contributed by atoms with van der Waals surface area (Å²) < 4.78 is 37.1. The Bertz CT molecular complexity index is 467. The number of pyridine rings is 1. The molecule has 1 atom stereocenters. The Kier molecular flexibility index (Phi) is 5.17. The number of piperidine rings is 1. The Morgan fingerprint density at radius 2 is 2.24 bits per heavy atom. The van der Waals surface area contributed by atoms with E-state index in [4.69, 9.17) is 0 Å². The smallest absolute Gasteiger partial charge is 0.352 e. The highest BCUT2D eigenvalue weighted by Crippen LogP contribution is 2.27. The van der Waals surface area contributed by atoms with Crippen molar-refractivity contribution in [1.29, 1.82) is 0 Å². The van der Waals surface area contributed by atoms with Crippen molar-refractivity contribution < 1.29 is 18.0 Å². The molecule has 4 nitrogen and oxygen atoms in total. The van der Waals surface area contributed by atoms with Gasteiger partial charge in [-0.3, -0.25) is 9.78 Å². The SMILES string of the molecule is O=C(NCCC1CCCNC1)c1ccc(C(F)(F)F)nc1. The topological polar surface area (TPSA) is 54.0 Å². The van der Waals surface area contributed by atoms with E-state index >= 15 is 0 Å². The number of halogens is 3. The normalized spacial score (nSPS) is 19.3. The van der Waals surface area contributed by atoms with Crippen LogP contribution in [0.25, 0.3) is 0 Å². The van der Waals surface area contributed by atoms with Crippen molar-refractivity contribution in [3.8, 4) is 0 Å². The van der Waals surface area contributed by atoms with Gasteiger partial charge in [0.25, 0.3) is 5.91 Å². The first-order valence-corrected chi connectivity index (χ1v) is 6.99. The first kappa shape index (κ1) is 15.8. The summed E-state index contributed by atoms with van der Waals surface area (Å²) >= 11 is 0. The van der Waals surface area contributed by atoms with E-state index in [1.54, 1.807) is 0 Å². The van der Waals surface area contributed by atoms with E-state index in [1.807, 2.05) is 0 Å². The zero-order valence-corrected chi connectivity index (χ0v) is 11.5. The molecule has 116 valence electrons. The summed E-state index contributed by atoms with van der Waals surface area (Å²) in [4.78, 5) is 15.1. The average molecular weight is 301 g/mol.